The van der Waals surface area contributed by atoms with Crippen LogP contribution in [0.3, 0.4) is 0 Å². The second-order valence-electron chi connectivity index (χ2n) is 4.10. The third-order valence-electron chi connectivity index (χ3n) is 2.98. The molecule has 1 heterocycles. The number of morpholine rings is 1. The minimum Gasteiger partial charge on any atom is -0.397 e. The number of amides is 1. The number of benzene rings is 1. The number of nitrogens with two attached hydrogens (primary N) is 1. The number of likely N-dealkylation sites (N-methyl/N-ethyl adjacent to an activating group) is 1. The molecule has 5 nitrogen and oxygen atoms in total. The van der Waals surface area contributed by atoms with Crippen molar-refractivity contribution in [1.82, 2.24) is 5.32 Å². The first kappa shape index (κ1) is 13.0. The lowest BCUT2D eigenvalue weighted by molar-refractivity contribution is -0.124. The first-order chi connectivity index (χ1) is 8.63. The topological polar surface area (TPSA) is 67.6 Å². The van der Waals surface area contributed by atoms with Crippen molar-refractivity contribution in [2.24, 2.45) is 0 Å². The van der Waals surface area contributed by atoms with E-state index in [4.69, 9.17) is 22.1 Å². The molecule has 1 unspecified atom stereocenters. The van der Waals surface area contributed by atoms with Gasteiger partial charge >= 0.3 is 0 Å². The number of hydrogen-bond acceptors (Lipinski definition) is 4. The zero-order chi connectivity index (χ0) is 13.1. The summed E-state index contributed by atoms with van der Waals surface area (Å²) in [5, 5.41) is 3.23. The molecule has 0 aromatic heterocycles. The third kappa shape index (κ3) is 2.52. The molecule has 18 heavy (non-hydrogen) atoms. The lowest BCUT2D eigenvalue weighted by Crippen LogP contribution is -2.53. The molecular formula is C12H16ClN3O2. The molecule has 3 N–H and O–H groups in total. The van der Waals surface area contributed by atoms with Gasteiger partial charge in [-0.05, 0) is 18.2 Å². The molecule has 0 aliphatic carbocycles. The Balaban J connectivity index is 2.33. The van der Waals surface area contributed by atoms with E-state index in [1.165, 1.54) is 0 Å². The molecule has 1 aliphatic rings. The van der Waals surface area contributed by atoms with E-state index < -0.39 is 0 Å². The maximum Gasteiger partial charge on any atom is 0.244 e. The lowest BCUT2D eigenvalue weighted by atomic mass is 10.1. The van der Waals surface area contributed by atoms with Crippen molar-refractivity contribution in [1.29, 1.82) is 0 Å². The van der Waals surface area contributed by atoms with E-state index in [0.29, 0.717) is 30.5 Å². The maximum absolute atomic E-state index is 11.8. The second kappa shape index (κ2) is 5.46. The average Bonchev–Trinajstić information content (AvgIpc) is 2.40. The molecule has 0 bridgehead atoms. The Bertz CT molecular complexity index is 453. The summed E-state index contributed by atoms with van der Waals surface area (Å²) >= 11 is 5.98. The van der Waals surface area contributed by atoms with Crippen molar-refractivity contribution in [2.45, 2.75) is 6.04 Å². The van der Waals surface area contributed by atoms with Crippen LogP contribution in [0.1, 0.15) is 0 Å². The largest absolute Gasteiger partial charge is 0.397 e. The van der Waals surface area contributed by atoms with Crippen LogP contribution in [-0.2, 0) is 9.53 Å². The fraction of sp³-hybridized carbons (Fsp3) is 0.417. The minimum absolute atomic E-state index is 0.0888. The van der Waals surface area contributed by atoms with Crippen LogP contribution in [0.15, 0.2) is 18.2 Å². The summed E-state index contributed by atoms with van der Waals surface area (Å²) < 4.78 is 5.35. The van der Waals surface area contributed by atoms with Gasteiger partial charge in [-0.2, -0.15) is 0 Å². The summed E-state index contributed by atoms with van der Waals surface area (Å²) in [5.74, 6) is -0.0888. The van der Waals surface area contributed by atoms with Gasteiger partial charge in [-0.3, -0.25) is 4.79 Å². The molecule has 1 fully saturated rings. The number of halogens is 1. The van der Waals surface area contributed by atoms with E-state index in [1.807, 2.05) is 4.90 Å². The first-order valence-corrected chi connectivity index (χ1v) is 6.12. The minimum atomic E-state index is -0.371. The van der Waals surface area contributed by atoms with Crippen LogP contribution in [0.5, 0.6) is 0 Å². The fourth-order valence-electron chi connectivity index (χ4n) is 2.04. The number of nitrogens with one attached hydrogen (secondary N) is 1. The van der Waals surface area contributed by atoms with Gasteiger partial charge in [-0.25, -0.2) is 0 Å². The lowest BCUT2D eigenvalue weighted by Gasteiger charge is -2.36. The Hall–Kier alpha value is -1.46. The normalized spacial score (nSPS) is 19.7. The average molecular weight is 270 g/mol. The Kier molecular flexibility index (Phi) is 3.93. The number of nitrogens with zero attached hydrogens (tertiary/aromatic N) is 1. The maximum atomic E-state index is 11.8. The fourth-order valence-corrected chi connectivity index (χ4v) is 2.21. The number of rotatable bonds is 2. The SMILES string of the molecule is CNC(=O)C1COCCN1c1cc(Cl)ccc1N. The van der Waals surface area contributed by atoms with Crippen LogP contribution >= 0.6 is 11.6 Å². The molecule has 0 saturated carbocycles. The quantitative estimate of drug-likeness (QED) is 0.782. The van der Waals surface area contributed by atoms with Gasteiger partial charge < -0.3 is 20.7 Å². The van der Waals surface area contributed by atoms with E-state index in [0.717, 1.165) is 5.69 Å². The predicted molar refractivity (Wildman–Crippen MR) is 71.9 cm³/mol. The number of carbonyl (C=O) groups excluding carboxylic acids is 1. The number of nitrogen functional groups attached to an aromatic ring is 1. The number of ether oxygens (including phenoxy) is 1. The van der Waals surface area contributed by atoms with E-state index in [9.17, 15) is 4.79 Å². The Morgan fingerprint density at radius 1 is 1.61 bits per heavy atom. The van der Waals surface area contributed by atoms with Crippen LogP contribution < -0.4 is 16.0 Å². The highest BCUT2D eigenvalue weighted by atomic mass is 35.5. The molecular weight excluding hydrogens is 254 g/mol. The molecule has 98 valence electrons. The van der Waals surface area contributed by atoms with Crippen LogP contribution in [0.4, 0.5) is 11.4 Å². The highest BCUT2D eigenvalue weighted by Crippen LogP contribution is 2.29. The summed E-state index contributed by atoms with van der Waals surface area (Å²) in [6.45, 7) is 1.54. The molecule has 2 rings (SSSR count). The predicted octanol–water partition coefficient (Wildman–Crippen LogP) is 0.873. The Morgan fingerprint density at radius 2 is 2.39 bits per heavy atom. The van der Waals surface area contributed by atoms with Crippen molar-refractivity contribution < 1.29 is 9.53 Å². The number of carbonyl (C=O) groups is 1. The molecule has 0 spiro atoms. The first-order valence-electron chi connectivity index (χ1n) is 5.74. The van der Waals surface area contributed by atoms with Crippen molar-refractivity contribution in [2.75, 3.05) is 37.4 Å². The van der Waals surface area contributed by atoms with Crippen molar-refractivity contribution in [3.8, 4) is 0 Å². The molecule has 1 aliphatic heterocycles. The van der Waals surface area contributed by atoms with E-state index >= 15 is 0 Å². The van der Waals surface area contributed by atoms with Crippen LogP contribution in [0.25, 0.3) is 0 Å². The van der Waals surface area contributed by atoms with Crippen LogP contribution in [0.2, 0.25) is 5.02 Å². The summed E-state index contributed by atoms with van der Waals surface area (Å²) in [4.78, 5) is 13.8. The van der Waals surface area contributed by atoms with Gasteiger partial charge in [0, 0.05) is 18.6 Å². The van der Waals surface area contributed by atoms with Crippen molar-refractivity contribution >= 4 is 28.9 Å². The number of anilines is 2. The summed E-state index contributed by atoms with van der Waals surface area (Å²) in [5.41, 5.74) is 7.34. The van der Waals surface area contributed by atoms with Gasteiger partial charge in [0.2, 0.25) is 5.91 Å². The van der Waals surface area contributed by atoms with E-state index in [-0.39, 0.29) is 11.9 Å². The summed E-state index contributed by atoms with van der Waals surface area (Å²) in [6, 6.07) is 4.88. The smallest absolute Gasteiger partial charge is 0.244 e. The molecule has 1 saturated heterocycles. The summed E-state index contributed by atoms with van der Waals surface area (Å²) in [6.07, 6.45) is 0. The van der Waals surface area contributed by atoms with Crippen molar-refractivity contribution in [3.63, 3.8) is 0 Å². The van der Waals surface area contributed by atoms with Crippen molar-refractivity contribution in [3.05, 3.63) is 23.2 Å². The van der Waals surface area contributed by atoms with Gasteiger partial charge in [0.25, 0.3) is 0 Å². The zero-order valence-corrected chi connectivity index (χ0v) is 10.9. The monoisotopic (exact) mass is 269 g/mol. The van der Waals surface area contributed by atoms with Gasteiger partial charge in [0.05, 0.1) is 24.6 Å². The molecule has 0 radical (unpaired) electrons. The molecule has 6 heteroatoms. The van der Waals surface area contributed by atoms with Crippen LogP contribution in [0, 0.1) is 0 Å². The molecule has 1 atom stereocenters. The summed E-state index contributed by atoms with van der Waals surface area (Å²) in [7, 11) is 1.61. The van der Waals surface area contributed by atoms with Gasteiger partial charge in [0.15, 0.2) is 0 Å². The third-order valence-corrected chi connectivity index (χ3v) is 3.21. The van der Waals surface area contributed by atoms with E-state index in [1.54, 1.807) is 25.2 Å². The Morgan fingerprint density at radius 3 is 3.11 bits per heavy atom. The van der Waals surface area contributed by atoms with Gasteiger partial charge in [-0.15, -0.1) is 0 Å². The standard InChI is InChI=1S/C12H16ClN3O2/c1-15-12(17)11-7-18-5-4-16(11)10-6-8(13)2-3-9(10)14/h2-3,6,11H,4-5,7,14H2,1H3,(H,15,17). The molecule has 1 aromatic rings. The number of hydrogen-bond donors (Lipinski definition) is 2. The molecule has 1 amide bonds. The van der Waals surface area contributed by atoms with Gasteiger partial charge in [-0.1, -0.05) is 11.6 Å². The second-order valence-corrected chi connectivity index (χ2v) is 4.54. The van der Waals surface area contributed by atoms with Crippen LogP contribution in [-0.4, -0.2) is 38.8 Å². The Labute approximate surface area is 111 Å². The van der Waals surface area contributed by atoms with Gasteiger partial charge in [0.1, 0.15) is 6.04 Å². The van der Waals surface area contributed by atoms with E-state index in [2.05, 4.69) is 5.32 Å². The zero-order valence-electron chi connectivity index (χ0n) is 10.1. The molecule has 1 aromatic carbocycles. The highest BCUT2D eigenvalue weighted by Gasteiger charge is 2.30. The highest BCUT2D eigenvalue weighted by molar-refractivity contribution is 6.31.